The van der Waals surface area contributed by atoms with Gasteiger partial charge in [0.25, 0.3) is 11.8 Å². The monoisotopic (exact) mass is 357 g/mol. The lowest BCUT2D eigenvalue weighted by atomic mass is 10.2. The summed E-state index contributed by atoms with van der Waals surface area (Å²) < 4.78 is 29.1. The molecule has 2 amide bonds. The quantitative estimate of drug-likeness (QED) is 0.704. The molecule has 2 N–H and O–H groups in total. The fourth-order valence-electron chi connectivity index (χ4n) is 2.29. The number of carbonyl (C=O) groups is 2. The molecule has 2 aromatic carbocycles. The number of nitrogens with one attached hydrogen (secondary N) is 2. The Morgan fingerprint density at radius 2 is 1.58 bits per heavy atom. The molecule has 0 spiro atoms. The van der Waals surface area contributed by atoms with Crippen LogP contribution in [0.1, 0.15) is 20.8 Å². The second-order valence-corrected chi connectivity index (χ2v) is 5.17. The maximum Gasteiger partial charge on any atom is 0.387 e. The maximum atomic E-state index is 12.4. The van der Waals surface area contributed by atoms with E-state index in [9.17, 15) is 18.4 Å². The Morgan fingerprint density at radius 1 is 0.885 bits per heavy atom. The van der Waals surface area contributed by atoms with Gasteiger partial charge in [-0.25, -0.2) is 4.98 Å². The molecular formula is C18H13F2N3O3. The first-order valence-electron chi connectivity index (χ1n) is 7.55. The average molecular weight is 357 g/mol. The smallest absolute Gasteiger partial charge is 0.387 e. The summed E-state index contributed by atoms with van der Waals surface area (Å²) in [6.45, 7) is -3.07. The molecule has 0 atom stereocenters. The molecule has 8 heteroatoms. The second kappa shape index (κ2) is 7.56. The van der Waals surface area contributed by atoms with E-state index >= 15 is 0 Å². The van der Waals surface area contributed by atoms with Gasteiger partial charge in [-0.2, -0.15) is 8.78 Å². The van der Waals surface area contributed by atoms with Crippen molar-refractivity contribution in [1.29, 1.82) is 0 Å². The minimum atomic E-state index is -3.07. The second-order valence-electron chi connectivity index (χ2n) is 5.17. The van der Waals surface area contributed by atoms with Gasteiger partial charge in [0, 0.05) is 5.39 Å². The molecule has 0 unspecified atom stereocenters. The van der Waals surface area contributed by atoms with Crippen LogP contribution in [0.25, 0.3) is 10.9 Å². The van der Waals surface area contributed by atoms with Gasteiger partial charge in [0.15, 0.2) is 0 Å². The van der Waals surface area contributed by atoms with Crippen LogP contribution in [0.3, 0.4) is 0 Å². The van der Waals surface area contributed by atoms with Crippen molar-refractivity contribution in [3.05, 3.63) is 71.9 Å². The van der Waals surface area contributed by atoms with Crippen molar-refractivity contribution in [2.75, 3.05) is 0 Å². The van der Waals surface area contributed by atoms with Gasteiger partial charge in [0.05, 0.1) is 11.1 Å². The summed E-state index contributed by atoms with van der Waals surface area (Å²) in [5, 5.41) is 0.867. The molecule has 0 fully saturated rings. The number of hydrogen-bond acceptors (Lipinski definition) is 4. The average Bonchev–Trinajstić information content (AvgIpc) is 2.65. The van der Waals surface area contributed by atoms with Gasteiger partial charge in [-0.15, -0.1) is 0 Å². The van der Waals surface area contributed by atoms with Crippen LogP contribution in [0, 0.1) is 0 Å². The Kier molecular flexibility index (Phi) is 5.02. The molecule has 0 aliphatic carbocycles. The standard InChI is InChI=1S/C18H13F2N3O3/c19-18(20)26-15-8-4-2-6-12(15)16(24)22-23-17(25)14-10-9-11-5-1-3-7-13(11)21-14/h1-10,18H,(H,22,24)(H,23,25). The maximum absolute atomic E-state index is 12.4. The number of rotatable bonds is 4. The molecule has 3 rings (SSSR count). The van der Waals surface area contributed by atoms with Gasteiger partial charge >= 0.3 is 6.61 Å². The number of para-hydroxylation sites is 2. The van der Waals surface area contributed by atoms with Crippen molar-refractivity contribution in [2.24, 2.45) is 0 Å². The SMILES string of the molecule is O=C(NNC(=O)c1ccccc1OC(F)F)c1ccc2ccccc2n1. The third-order valence-electron chi connectivity index (χ3n) is 3.47. The van der Waals surface area contributed by atoms with Gasteiger partial charge in [0.1, 0.15) is 11.4 Å². The lowest BCUT2D eigenvalue weighted by Crippen LogP contribution is -2.42. The number of hydrogen-bond donors (Lipinski definition) is 2. The van der Waals surface area contributed by atoms with Crippen molar-refractivity contribution < 1.29 is 23.1 Å². The zero-order chi connectivity index (χ0) is 18.5. The number of hydrazine groups is 1. The highest BCUT2D eigenvalue weighted by molar-refractivity contribution is 6.00. The van der Waals surface area contributed by atoms with Crippen LogP contribution in [0.2, 0.25) is 0 Å². The van der Waals surface area contributed by atoms with Crippen LogP contribution < -0.4 is 15.6 Å². The summed E-state index contributed by atoms with van der Waals surface area (Å²) in [5.41, 5.74) is 4.94. The van der Waals surface area contributed by atoms with Gasteiger partial charge < -0.3 is 4.74 Å². The number of amides is 2. The Labute approximate surface area is 146 Å². The molecular weight excluding hydrogens is 344 g/mol. The van der Waals surface area contributed by atoms with Crippen LogP contribution in [0.4, 0.5) is 8.78 Å². The lowest BCUT2D eigenvalue weighted by molar-refractivity contribution is -0.0501. The van der Waals surface area contributed by atoms with Crippen molar-refractivity contribution in [1.82, 2.24) is 15.8 Å². The molecule has 3 aromatic rings. The topological polar surface area (TPSA) is 80.3 Å². The first kappa shape index (κ1) is 17.3. The molecule has 6 nitrogen and oxygen atoms in total. The van der Waals surface area contributed by atoms with Crippen LogP contribution in [-0.2, 0) is 0 Å². The van der Waals surface area contributed by atoms with Gasteiger partial charge in [-0.3, -0.25) is 20.4 Å². The molecule has 132 valence electrons. The molecule has 1 heterocycles. The highest BCUT2D eigenvalue weighted by Crippen LogP contribution is 2.19. The zero-order valence-corrected chi connectivity index (χ0v) is 13.3. The number of nitrogens with zero attached hydrogens (tertiary/aromatic N) is 1. The van der Waals surface area contributed by atoms with E-state index in [1.54, 1.807) is 18.2 Å². The highest BCUT2D eigenvalue weighted by atomic mass is 19.3. The van der Waals surface area contributed by atoms with Crippen molar-refractivity contribution in [2.45, 2.75) is 6.61 Å². The Morgan fingerprint density at radius 3 is 2.38 bits per heavy atom. The van der Waals surface area contributed by atoms with E-state index in [0.29, 0.717) is 5.52 Å². The molecule has 0 saturated heterocycles. The number of benzene rings is 2. The highest BCUT2D eigenvalue weighted by Gasteiger charge is 2.16. The van der Waals surface area contributed by atoms with E-state index in [-0.39, 0.29) is 17.0 Å². The van der Waals surface area contributed by atoms with E-state index in [4.69, 9.17) is 0 Å². The number of carbonyl (C=O) groups excluding carboxylic acids is 2. The predicted octanol–water partition coefficient (Wildman–Crippen LogP) is 2.91. The fourth-order valence-corrected chi connectivity index (χ4v) is 2.29. The minimum Gasteiger partial charge on any atom is -0.434 e. The van der Waals surface area contributed by atoms with E-state index in [0.717, 1.165) is 5.39 Å². The van der Waals surface area contributed by atoms with Crippen LogP contribution >= 0.6 is 0 Å². The number of ether oxygens (including phenoxy) is 1. The summed E-state index contributed by atoms with van der Waals surface area (Å²) in [7, 11) is 0. The van der Waals surface area contributed by atoms with Crippen LogP contribution in [0.5, 0.6) is 5.75 Å². The van der Waals surface area contributed by atoms with Gasteiger partial charge in [-0.1, -0.05) is 36.4 Å². The van der Waals surface area contributed by atoms with Crippen molar-refractivity contribution >= 4 is 22.7 Å². The van der Waals surface area contributed by atoms with E-state index in [1.165, 1.54) is 30.3 Å². The molecule has 1 aromatic heterocycles. The Bertz CT molecular complexity index is 963. The molecule has 0 aliphatic heterocycles. The summed E-state index contributed by atoms with van der Waals surface area (Å²) in [6, 6.07) is 16.0. The summed E-state index contributed by atoms with van der Waals surface area (Å²) >= 11 is 0. The first-order valence-corrected chi connectivity index (χ1v) is 7.55. The van der Waals surface area contributed by atoms with E-state index < -0.39 is 18.4 Å². The number of pyridine rings is 1. The Hall–Kier alpha value is -3.55. The molecule has 0 saturated carbocycles. The largest absolute Gasteiger partial charge is 0.434 e. The molecule has 0 bridgehead atoms. The lowest BCUT2D eigenvalue weighted by Gasteiger charge is -2.11. The van der Waals surface area contributed by atoms with Crippen molar-refractivity contribution in [3.63, 3.8) is 0 Å². The number of alkyl halides is 2. The Balaban J connectivity index is 1.70. The predicted molar refractivity (Wildman–Crippen MR) is 89.7 cm³/mol. The van der Waals surface area contributed by atoms with Crippen LogP contribution in [-0.4, -0.2) is 23.4 Å². The van der Waals surface area contributed by atoms with E-state index in [1.807, 2.05) is 12.1 Å². The van der Waals surface area contributed by atoms with Crippen molar-refractivity contribution in [3.8, 4) is 5.75 Å². The number of aromatic nitrogens is 1. The third kappa shape index (κ3) is 3.92. The summed E-state index contributed by atoms with van der Waals surface area (Å²) in [6.07, 6.45) is 0. The van der Waals surface area contributed by atoms with Gasteiger partial charge in [0.2, 0.25) is 0 Å². The van der Waals surface area contributed by atoms with Crippen LogP contribution in [0.15, 0.2) is 60.7 Å². The number of halogens is 2. The number of fused-ring (bicyclic) bond motifs is 1. The third-order valence-corrected chi connectivity index (χ3v) is 3.47. The summed E-state index contributed by atoms with van der Waals surface area (Å²) in [5.74, 6) is -1.73. The minimum absolute atomic E-state index is 0.0983. The summed E-state index contributed by atoms with van der Waals surface area (Å²) in [4.78, 5) is 28.5. The normalized spacial score (nSPS) is 10.6. The zero-order valence-electron chi connectivity index (χ0n) is 13.3. The molecule has 26 heavy (non-hydrogen) atoms. The fraction of sp³-hybridized carbons (Fsp3) is 0.0556. The van der Waals surface area contributed by atoms with E-state index in [2.05, 4.69) is 20.6 Å². The molecule has 0 radical (unpaired) electrons. The molecule has 0 aliphatic rings. The first-order chi connectivity index (χ1) is 12.5. The van der Waals surface area contributed by atoms with Gasteiger partial charge in [-0.05, 0) is 24.3 Å².